The topological polar surface area (TPSA) is 99.4 Å². The smallest absolute Gasteiger partial charge is 0.186 e. The molecule has 0 aromatic heterocycles. The van der Waals surface area contributed by atoms with Gasteiger partial charge in [0, 0.05) is 6.61 Å². The first kappa shape index (κ1) is 34.8. The molecule has 0 bridgehead atoms. The lowest BCUT2D eigenvalue weighted by molar-refractivity contribution is -0.301. The van der Waals surface area contributed by atoms with Crippen LogP contribution >= 0.6 is 0 Å². The van der Waals surface area contributed by atoms with Gasteiger partial charge in [0.2, 0.25) is 0 Å². The molecule has 44 heavy (non-hydrogen) atoms. The van der Waals surface area contributed by atoms with E-state index in [1.807, 2.05) is 0 Å². The maximum absolute atomic E-state index is 10.2. The zero-order valence-corrected chi connectivity index (χ0v) is 28.6. The number of aliphatic hydroxyl groups excluding tert-OH is 4. The van der Waals surface area contributed by atoms with Crippen LogP contribution < -0.4 is 0 Å². The second-order valence-electron chi connectivity index (χ2n) is 16.8. The molecule has 5 aliphatic rings. The molecule has 1 heterocycles. The lowest BCUT2D eigenvalue weighted by Crippen LogP contribution is -2.59. The van der Waals surface area contributed by atoms with Crippen LogP contribution in [0.15, 0.2) is 11.6 Å². The summed E-state index contributed by atoms with van der Waals surface area (Å²) >= 11 is 0. The van der Waals surface area contributed by atoms with Gasteiger partial charge in [0.1, 0.15) is 24.4 Å². The number of unbranched alkanes of at least 4 members (excludes halogenated alkanes) is 2. The van der Waals surface area contributed by atoms with Crippen LogP contribution in [-0.2, 0) is 9.47 Å². The molecule has 0 aromatic carbocycles. The molecule has 4 fully saturated rings. The molecule has 0 amide bonds. The van der Waals surface area contributed by atoms with Gasteiger partial charge in [0.25, 0.3) is 0 Å². The molecule has 5 rings (SSSR count). The average Bonchev–Trinajstić information content (AvgIpc) is 3.35. The first-order valence-electron chi connectivity index (χ1n) is 18.6. The summed E-state index contributed by atoms with van der Waals surface area (Å²) in [6.45, 7) is 12.7. The second-order valence-corrected chi connectivity index (χ2v) is 16.8. The van der Waals surface area contributed by atoms with E-state index in [1.165, 1.54) is 83.5 Å². The molecule has 4 N–H and O–H groups in total. The number of aliphatic hydroxyl groups is 4. The van der Waals surface area contributed by atoms with Gasteiger partial charge in [-0.25, -0.2) is 0 Å². The standard InChI is InChI=1S/C38H66O6/c1-24(2)10-9-11-25(3)29-15-16-30-28-14-13-27-22-26(17-19-37(27,4)31(28)18-20-38(29,30)5)12-7-6-8-21-43-36-35(42)34(41)33(40)32(23-39)44-36/h13,24-26,28-36,39-42H,6-12,14-23H2,1-5H3/t25-,26?,28?,29-,30?,31?,32-,33-,34+,35-,36+,37+,38-/m1/s1. The SMILES string of the molecule is CC(C)CCC[C@@H](C)[C@H]1CCC2C3CC=C4CC(CCCCCO[C@H]5O[C@H](CO)[C@@H](O)[C@H](O)[C@H]5O)CC[C@]4(C)C3CC[C@@]21C. The van der Waals surface area contributed by atoms with Crippen molar-refractivity contribution in [3.8, 4) is 0 Å². The summed E-state index contributed by atoms with van der Waals surface area (Å²) in [4.78, 5) is 0. The van der Waals surface area contributed by atoms with Gasteiger partial charge < -0.3 is 29.9 Å². The van der Waals surface area contributed by atoms with Crippen molar-refractivity contribution in [3.05, 3.63) is 11.6 Å². The molecule has 3 saturated carbocycles. The zero-order chi connectivity index (χ0) is 31.6. The van der Waals surface area contributed by atoms with Gasteiger partial charge in [-0.05, 0) is 110 Å². The largest absolute Gasteiger partial charge is 0.394 e. The maximum atomic E-state index is 10.2. The molecule has 4 aliphatic carbocycles. The minimum absolute atomic E-state index is 0.418. The zero-order valence-electron chi connectivity index (χ0n) is 28.6. The molecule has 13 atom stereocenters. The van der Waals surface area contributed by atoms with Crippen molar-refractivity contribution in [2.75, 3.05) is 13.2 Å². The van der Waals surface area contributed by atoms with E-state index in [9.17, 15) is 20.4 Å². The van der Waals surface area contributed by atoms with Crippen LogP contribution in [0, 0.1) is 52.3 Å². The average molecular weight is 619 g/mol. The Hall–Kier alpha value is -0.500. The van der Waals surface area contributed by atoms with Crippen molar-refractivity contribution in [3.63, 3.8) is 0 Å². The highest BCUT2D eigenvalue weighted by molar-refractivity contribution is 5.25. The Balaban J connectivity index is 1.07. The monoisotopic (exact) mass is 618 g/mol. The minimum atomic E-state index is -1.38. The summed E-state index contributed by atoms with van der Waals surface area (Å²) in [7, 11) is 0. The molecule has 4 unspecified atom stereocenters. The third-order valence-corrected chi connectivity index (χ3v) is 13.8. The number of rotatable bonds is 13. The highest BCUT2D eigenvalue weighted by atomic mass is 16.7. The van der Waals surface area contributed by atoms with Crippen LogP contribution in [0.3, 0.4) is 0 Å². The van der Waals surface area contributed by atoms with Crippen LogP contribution in [0.2, 0.25) is 0 Å². The molecule has 1 saturated heterocycles. The van der Waals surface area contributed by atoms with Crippen molar-refractivity contribution in [1.82, 2.24) is 0 Å². The van der Waals surface area contributed by atoms with E-state index in [1.54, 1.807) is 5.57 Å². The second kappa shape index (κ2) is 14.7. The highest BCUT2D eigenvalue weighted by Crippen LogP contribution is 2.67. The van der Waals surface area contributed by atoms with Gasteiger partial charge in [-0.1, -0.05) is 84.8 Å². The van der Waals surface area contributed by atoms with Crippen molar-refractivity contribution < 1.29 is 29.9 Å². The fourth-order valence-electron chi connectivity index (χ4n) is 11.1. The van der Waals surface area contributed by atoms with E-state index < -0.39 is 37.3 Å². The number of hydrogen-bond acceptors (Lipinski definition) is 6. The van der Waals surface area contributed by atoms with Crippen molar-refractivity contribution in [2.24, 2.45) is 52.3 Å². The van der Waals surface area contributed by atoms with E-state index >= 15 is 0 Å². The summed E-state index contributed by atoms with van der Waals surface area (Å²) in [6, 6.07) is 0. The van der Waals surface area contributed by atoms with Crippen LogP contribution in [0.1, 0.15) is 131 Å². The first-order chi connectivity index (χ1) is 21.0. The Morgan fingerprint density at radius 1 is 0.886 bits per heavy atom. The van der Waals surface area contributed by atoms with Gasteiger partial charge in [0.05, 0.1) is 6.61 Å². The molecular formula is C38H66O6. The van der Waals surface area contributed by atoms with E-state index in [4.69, 9.17) is 9.47 Å². The van der Waals surface area contributed by atoms with Crippen LogP contribution in [0.4, 0.5) is 0 Å². The lowest BCUT2D eigenvalue weighted by atomic mass is 9.46. The molecule has 1 aliphatic heterocycles. The van der Waals surface area contributed by atoms with Crippen molar-refractivity contribution in [2.45, 2.75) is 162 Å². The summed E-state index contributed by atoms with van der Waals surface area (Å²) in [6.07, 6.45) is 16.5. The van der Waals surface area contributed by atoms with Gasteiger partial charge >= 0.3 is 0 Å². The number of hydrogen-bond donors (Lipinski definition) is 4. The Morgan fingerprint density at radius 2 is 1.68 bits per heavy atom. The summed E-state index contributed by atoms with van der Waals surface area (Å²) < 4.78 is 11.1. The van der Waals surface area contributed by atoms with Crippen LogP contribution in [0.25, 0.3) is 0 Å². The third-order valence-electron chi connectivity index (χ3n) is 13.8. The van der Waals surface area contributed by atoms with E-state index in [0.717, 1.165) is 54.3 Å². The molecule has 0 radical (unpaired) electrons. The van der Waals surface area contributed by atoms with Gasteiger partial charge in [-0.2, -0.15) is 0 Å². The Morgan fingerprint density at radius 3 is 2.43 bits per heavy atom. The molecule has 6 heteroatoms. The normalized spacial score (nSPS) is 44.5. The predicted octanol–water partition coefficient (Wildman–Crippen LogP) is 7.02. The highest BCUT2D eigenvalue weighted by Gasteiger charge is 2.59. The predicted molar refractivity (Wildman–Crippen MR) is 175 cm³/mol. The summed E-state index contributed by atoms with van der Waals surface area (Å²) in [5.74, 6) is 6.13. The number of ether oxygens (including phenoxy) is 2. The lowest BCUT2D eigenvalue weighted by Gasteiger charge is -2.58. The molecule has 6 nitrogen and oxygen atoms in total. The third kappa shape index (κ3) is 7.02. The fraction of sp³-hybridized carbons (Fsp3) is 0.947. The van der Waals surface area contributed by atoms with Gasteiger partial charge in [0.15, 0.2) is 6.29 Å². The van der Waals surface area contributed by atoms with E-state index in [0.29, 0.717) is 17.4 Å². The van der Waals surface area contributed by atoms with E-state index in [2.05, 4.69) is 40.7 Å². The molecular weight excluding hydrogens is 552 g/mol. The number of fused-ring (bicyclic) bond motifs is 5. The van der Waals surface area contributed by atoms with Crippen molar-refractivity contribution >= 4 is 0 Å². The molecule has 254 valence electrons. The summed E-state index contributed by atoms with van der Waals surface area (Å²) in [5, 5.41) is 39.4. The van der Waals surface area contributed by atoms with E-state index in [-0.39, 0.29) is 0 Å². The quantitative estimate of drug-likeness (QED) is 0.131. The Bertz CT molecular complexity index is 950. The van der Waals surface area contributed by atoms with Gasteiger partial charge in [-0.15, -0.1) is 0 Å². The fourth-order valence-corrected chi connectivity index (χ4v) is 11.1. The minimum Gasteiger partial charge on any atom is -0.394 e. The number of allylic oxidation sites excluding steroid dienone is 2. The Labute approximate surface area is 268 Å². The van der Waals surface area contributed by atoms with Gasteiger partial charge in [-0.3, -0.25) is 0 Å². The first-order valence-corrected chi connectivity index (χ1v) is 18.6. The van der Waals surface area contributed by atoms with Crippen LogP contribution in [-0.4, -0.2) is 64.3 Å². The molecule has 0 aromatic rings. The Kier molecular flexibility index (Phi) is 11.7. The summed E-state index contributed by atoms with van der Waals surface area (Å²) in [5.41, 5.74) is 2.77. The van der Waals surface area contributed by atoms with Crippen LogP contribution in [0.5, 0.6) is 0 Å². The molecule has 0 spiro atoms. The van der Waals surface area contributed by atoms with Crippen molar-refractivity contribution in [1.29, 1.82) is 0 Å². The maximum Gasteiger partial charge on any atom is 0.186 e.